The van der Waals surface area contributed by atoms with E-state index in [0.29, 0.717) is 0 Å². The van der Waals surface area contributed by atoms with Gasteiger partial charge in [0.1, 0.15) is 0 Å². The summed E-state index contributed by atoms with van der Waals surface area (Å²) < 4.78 is 0. The number of carbonyl (C=O) groups is 3. The minimum absolute atomic E-state index is 0.0490. The predicted molar refractivity (Wildman–Crippen MR) is 62.0 cm³/mol. The van der Waals surface area contributed by atoms with E-state index in [4.69, 9.17) is 10.8 Å². The molecule has 0 aliphatic heterocycles. The molecule has 17 heavy (non-hydrogen) atoms. The molecular formula is C11H20N2O4. The van der Waals surface area contributed by atoms with Crippen LogP contribution in [0, 0.1) is 11.3 Å². The Morgan fingerprint density at radius 1 is 1.29 bits per heavy atom. The van der Waals surface area contributed by atoms with E-state index < -0.39 is 17.3 Å². The highest BCUT2D eigenvalue weighted by Crippen LogP contribution is 2.12. The maximum absolute atomic E-state index is 11.4. The van der Waals surface area contributed by atoms with Crippen molar-refractivity contribution < 1.29 is 19.5 Å². The summed E-state index contributed by atoms with van der Waals surface area (Å²) in [5.41, 5.74) is 4.36. The van der Waals surface area contributed by atoms with E-state index in [9.17, 15) is 14.4 Å². The number of carbonyl (C=O) groups excluding carboxylic acids is 2. The molecule has 0 aromatic rings. The minimum Gasteiger partial charge on any atom is -0.481 e. The van der Waals surface area contributed by atoms with Gasteiger partial charge in [-0.05, 0) is 19.8 Å². The number of carboxylic acid groups (broad SMARTS) is 1. The summed E-state index contributed by atoms with van der Waals surface area (Å²) in [7, 11) is 0. The molecule has 0 aliphatic carbocycles. The smallest absolute Gasteiger partial charge is 0.303 e. The van der Waals surface area contributed by atoms with Crippen LogP contribution >= 0.6 is 0 Å². The quantitative estimate of drug-likeness (QED) is 0.590. The van der Waals surface area contributed by atoms with E-state index in [2.05, 4.69) is 5.32 Å². The van der Waals surface area contributed by atoms with Crippen LogP contribution in [0.25, 0.3) is 0 Å². The van der Waals surface area contributed by atoms with Gasteiger partial charge in [0.25, 0.3) is 0 Å². The number of nitrogens with one attached hydrogen (secondary N) is 1. The zero-order valence-electron chi connectivity index (χ0n) is 10.4. The fraction of sp³-hybridized carbons (Fsp3) is 0.727. The Morgan fingerprint density at radius 3 is 2.24 bits per heavy atom. The van der Waals surface area contributed by atoms with Crippen molar-refractivity contribution in [2.75, 3.05) is 6.54 Å². The van der Waals surface area contributed by atoms with Crippen LogP contribution in [0.1, 0.15) is 33.6 Å². The lowest BCUT2D eigenvalue weighted by atomic mass is 9.92. The maximum atomic E-state index is 11.4. The third-order valence-corrected chi connectivity index (χ3v) is 2.45. The van der Waals surface area contributed by atoms with Gasteiger partial charge in [0.15, 0.2) is 0 Å². The lowest BCUT2D eigenvalue weighted by molar-refractivity contribution is -0.138. The first kappa shape index (κ1) is 15.4. The summed E-state index contributed by atoms with van der Waals surface area (Å²) in [5, 5.41) is 11.1. The number of amides is 2. The monoisotopic (exact) mass is 244 g/mol. The lowest BCUT2D eigenvalue weighted by Gasteiger charge is -2.21. The number of rotatable bonds is 7. The van der Waals surface area contributed by atoms with Crippen LogP contribution in [-0.2, 0) is 14.4 Å². The Bertz CT molecular complexity index is 313. The normalized spacial score (nSPS) is 12.9. The highest BCUT2D eigenvalue weighted by atomic mass is 16.4. The van der Waals surface area contributed by atoms with Crippen LogP contribution in [0.3, 0.4) is 0 Å². The zero-order valence-corrected chi connectivity index (χ0v) is 10.4. The molecule has 0 saturated carbocycles. The Hall–Kier alpha value is -1.59. The Balaban J connectivity index is 4.04. The van der Waals surface area contributed by atoms with E-state index in [1.807, 2.05) is 0 Å². The second-order valence-corrected chi connectivity index (χ2v) is 4.93. The van der Waals surface area contributed by atoms with Crippen LogP contribution < -0.4 is 11.1 Å². The first-order valence-corrected chi connectivity index (χ1v) is 5.43. The summed E-state index contributed by atoms with van der Waals surface area (Å²) in [6.07, 6.45) is 0.0772. The standard InChI is InChI=1S/C11H20N2O4/c1-7(5-9(15)16)4-8(14)13-6-11(2,3)10(12)17/h7H,4-6H2,1-3H3,(H2,12,17)(H,13,14)(H,15,16). The average Bonchev–Trinajstić information content (AvgIpc) is 2.13. The second kappa shape index (κ2) is 6.22. The molecule has 2 amide bonds. The van der Waals surface area contributed by atoms with Gasteiger partial charge in [-0.1, -0.05) is 6.92 Å². The van der Waals surface area contributed by atoms with Crippen LogP contribution in [0.15, 0.2) is 0 Å². The topological polar surface area (TPSA) is 109 Å². The summed E-state index contributed by atoms with van der Waals surface area (Å²) in [6, 6.07) is 0. The van der Waals surface area contributed by atoms with E-state index in [-0.39, 0.29) is 31.2 Å². The van der Waals surface area contributed by atoms with E-state index in [0.717, 1.165) is 0 Å². The van der Waals surface area contributed by atoms with Crippen molar-refractivity contribution in [3.05, 3.63) is 0 Å². The zero-order chi connectivity index (χ0) is 13.6. The first-order chi connectivity index (χ1) is 7.65. The van der Waals surface area contributed by atoms with Gasteiger partial charge in [-0.3, -0.25) is 14.4 Å². The second-order valence-electron chi connectivity index (χ2n) is 4.93. The molecule has 0 aromatic carbocycles. The van der Waals surface area contributed by atoms with Crippen molar-refractivity contribution in [1.29, 1.82) is 0 Å². The van der Waals surface area contributed by atoms with Crippen LogP contribution in [-0.4, -0.2) is 29.4 Å². The fourth-order valence-corrected chi connectivity index (χ4v) is 1.17. The van der Waals surface area contributed by atoms with Crippen LogP contribution in [0.5, 0.6) is 0 Å². The van der Waals surface area contributed by atoms with Crippen LogP contribution in [0.2, 0.25) is 0 Å². The van der Waals surface area contributed by atoms with Gasteiger partial charge in [-0.2, -0.15) is 0 Å². The largest absolute Gasteiger partial charge is 0.481 e. The summed E-state index contributed by atoms with van der Waals surface area (Å²) in [4.78, 5) is 32.8. The number of carboxylic acids is 1. The first-order valence-electron chi connectivity index (χ1n) is 5.43. The number of hydrogen-bond acceptors (Lipinski definition) is 3. The molecule has 4 N–H and O–H groups in total. The Labute approximate surface area is 101 Å². The fourth-order valence-electron chi connectivity index (χ4n) is 1.17. The molecular weight excluding hydrogens is 224 g/mol. The third-order valence-electron chi connectivity index (χ3n) is 2.45. The highest BCUT2D eigenvalue weighted by molar-refractivity contribution is 5.82. The molecule has 0 aromatic heterocycles. The summed E-state index contributed by atoms with van der Waals surface area (Å²) >= 11 is 0. The Morgan fingerprint density at radius 2 is 1.82 bits per heavy atom. The predicted octanol–water partition coefficient (Wildman–Crippen LogP) is 0.115. The molecule has 1 unspecified atom stereocenters. The van der Waals surface area contributed by atoms with Crippen molar-refractivity contribution in [2.24, 2.45) is 17.1 Å². The van der Waals surface area contributed by atoms with Gasteiger partial charge in [-0.15, -0.1) is 0 Å². The van der Waals surface area contributed by atoms with E-state index >= 15 is 0 Å². The Kier molecular flexibility index (Phi) is 5.64. The molecule has 1 atom stereocenters. The van der Waals surface area contributed by atoms with Gasteiger partial charge >= 0.3 is 5.97 Å². The van der Waals surface area contributed by atoms with Gasteiger partial charge in [0, 0.05) is 19.4 Å². The molecule has 0 saturated heterocycles. The van der Waals surface area contributed by atoms with E-state index in [1.54, 1.807) is 20.8 Å². The van der Waals surface area contributed by atoms with Crippen molar-refractivity contribution in [1.82, 2.24) is 5.32 Å². The summed E-state index contributed by atoms with van der Waals surface area (Å²) in [5.74, 6) is -1.92. The van der Waals surface area contributed by atoms with Gasteiger partial charge in [0.05, 0.1) is 5.41 Å². The number of primary amides is 1. The molecule has 98 valence electrons. The maximum Gasteiger partial charge on any atom is 0.303 e. The third kappa shape index (κ3) is 6.55. The molecule has 0 aliphatic rings. The van der Waals surface area contributed by atoms with E-state index in [1.165, 1.54) is 0 Å². The van der Waals surface area contributed by atoms with Crippen molar-refractivity contribution in [3.8, 4) is 0 Å². The molecule has 0 heterocycles. The number of hydrogen-bond donors (Lipinski definition) is 3. The molecule has 0 bridgehead atoms. The number of aliphatic carboxylic acids is 1. The molecule has 0 rings (SSSR count). The number of nitrogens with two attached hydrogens (primary N) is 1. The molecule has 0 fully saturated rings. The SMILES string of the molecule is CC(CC(=O)O)CC(=O)NCC(C)(C)C(N)=O. The lowest BCUT2D eigenvalue weighted by Crippen LogP contribution is -2.42. The van der Waals surface area contributed by atoms with Gasteiger partial charge in [-0.25, -0.2) is 0 Å². The molecule has 6 nitrogen and oxygen atoms in total. The molecule has 0 spiro atoms. The molecule has 0 radical (unpaired) electrons. The molecule has 6 heteroatoms. The van der Waals surface area contributed by atoms with Crippen molar-refractivity contribution in [3.63, 3.8) is 0 Å². The van der Waals surface area contributed by atoms with Gasteiger partial charge < -0.3 is 16.2 Å². The average molecular weight is 244 g/mol. The summed E-state index contributed by atoms with van der Waals surface area (Å²) in [6.45, 7) is 5.11. The van der Waals surface area contributed by atoms with Crippen LogP contribution in [0.4, 0.5) is 0 Å². The van der Waals surface area contributed by atoms with Crippen molar-refractivity contribution in [2.45, 2.75) is 33.6 Å². The van der Waals surface area contributed by atoms with Crippen molar-refractivity contribution >= 4 is 17.8 Å². The minimum atomic E-state index is -0.928. The van der Waals surface area contributed by atoms with Gasteiger partial charge in [0.2, 0.25) is 11.8 Å². The highest BCUT2D eigenvalue weighted by Gasteiger charge is 2.25.